The SMILES string of the molecule is CCN(C(=O)NC1CCC(=O)N(C)C1=O)C(C)CC(=O)O. The number of nitrogens with zero attached hydrogens (tertiary/aromatic N) is 2. The summed E-state index contributed by atoms with van der Waals surface area (Å²) in [7, 11) is 1.38. The van der Waals surface area contributed by atoms with E-state index >= 15 is 0 Å². The van der Waals surface area contributed by atoms with Crippen molar-refractivity contribution in [1.29, 1.82) is 0 Å². The number of hydrogen-bond acceptors (Lipinski definition) is 4. The first-order chi connectivity index (χ1) is 9.77. The Kier molecular flexibility index (Phi) is 5.69. The van der Waals surface area contributed by atoms with Crippen molar-refractivity contribution in [1.82, 2.24) is 15.1 Å². The number of carboxylic acid groups (broad SMARTS) is 1. The first-order valence-corrected chi connectivity index (χ1v) is 6.87. The molecular formula is C13H21N3O5. The topological polar surface area (TPSA) is 107 Å². The molecule has 8 nitrogen and oxygen atoms in total. The maximum absolute atomic E-state index is 12.2. The molecule has 0 spiro atoms. The predicted octanol–water partition coefficient (Wildman–Crippen LogP) is 0.0285. The van der Waals surface area contributed by atoms with Gasteiger partial charge in [-0.3, -0.25) is 19.3 Å². The Morgan fingerprint density at radius 3 is 2.62 bits per heavy atom. The summed E-state index contributed by atoms with van der Waals surface area (Å²) in [5.41, 5.74) is 0. The second-order valence-corrected chi connectivity index (χ2v) is 5.06. The van der Waals surface area contributed by atoms with Gasteiger partial charge in [0.05, 0.1) is 6.42 Å². The van der Waals surface area contributed by atoms with Gasteiger partial charge in [-0.05, 0) is 20.3 Å². The van der Waals surface area contributed by atoms with Gasteiger partial charge < -0.3 is 15.3 Å². The molecule has 2 atom stereocenters. The molecule has 0 aromatic carbocycles. The third-order valence-corrected chi connectivity index (χ3v) is 3.55. The fourth-order valence-electron chi connectivity index (χ4n) is 2.30. The molecule has 4 amide bonds. The van der Waals surface area contributed by atoms with Crippen LogP contribution in [0.5, 0.6) is 0 Å². The van der Waals surface area contributed by atoms with Crippen LogP contribution in [-0.2, 0) is 14.4 Å². The van der Waals surface area contributed by atoms with E-state index in [1.165, 1.54) is 11.9 Å². The van der Waals surface area contributed by atoms with Gasteiger partial charge in [-0.25, -0.2) is 4.79 Å². The minimum absolute atomic E-state index is 0.168. The van der Waals surface area contributed by atoms with E-state index < -0.39 is 30.0 Å². The molecule has 8 heteroatoms. The quantitative estimate of drug-likeness (QED) is 0.696. The van der Waals surface area contributed by atoms with Crippen molar-refractivity contribution in [2.24, 2.45) is 0 Å². The minimum Gasteiger partial charge on any atom is -0.481 e. The minimum atomic E-state index is -0.993. The van der Waals surface area contributed by atoms with Crippen molar-refractivity contribution in [3.63, 3.8) is 0 Å². The van der Waals surface area contributed by atoms with Crippen LogP contribution in [0.3, 0.4) is 0 Å². The van der Waals surface area contributed by atoms with E-state index in [-0.39, 0.29) is 25.2 Å². The lowest BCUT2D eigenvalue weighted by Gasteiger charge is -2.32. The molecule has 1 heterocycles. The average Bonchev–Trinajstić information content (AvgIpc) is 2.39. The Balaban J connectivity index is 2.68. The Morgan fingerprint density at radius 1 is 1.48 bits per heavy atom. The zero-order valence-corrected chi connectivity index (χ0v) is 12.5. The number of piperidine rings is 1. The van der Waals surface area contributed by atoms with Crippen LogP contribution in [-0.4, -0.2) is 64.4 Å². The maximum atomic E-state index is 12.2. The van der Waals surface area contributed by atoms with Crippen LogP contribution in [0.1, 0.15) is 33.1 Å². The Labute approximate surface area is 123 Å². The summed E-state index contributed by atoms with van der Waals surface area (Å²) in [5.74, 6) is -1.70. The smallest absolute Gasteiger partial charge is 0.318 e. The van der Waals surface area contributed by atoms with Crippen LogP contribution in [0, 0.1) is 0 Å². The standard InChI is InChI=1S/C13H21N3O5/c1-4-16(8(2)7-11(18)19)13(21)14-9-5-6-10(17)15(3)12(9)20/h8-9H,4-7H2,1-3H3,(H,14,21)(H,18,19). The molecule has 118 valence electrons. The summed E-state index contributed by atoms with van der Waals surface area (Å²) >= 11 is 0. The second kappa shape index (κ2) is 7.05. The molecule has 0 saturated carbocycles. The highest BCUT2D eigenvalue weighted by Crippen LogP contribution is 2.13. The number of rotatable bonds is 5. The van der Waals surface area contributed by atoms with Gasteiger partial charge in [0.1, 0.15) is 6.04 Å². The van der Waals surface area contributed by atoms with E-state index in [1.807, 2.05) is 0 Å². The van der Waals surface area contributed by atoms with E-state index in [0.29, 0.717) is 6.54 Å². The van der Waals surface area contributed by atoms with Crippen LogP contribution >= 0.6 is 0 Å². The number of likely N-dealkylation sites (tertiary alicyclic amines) is 1. The van der Waals surface area contributed by atoms with Crippen LogP contribution in [0.2, 0.25) is 0 Å². The van der Waals surface area contributed by atoms with E-state index in [9.17, 15) is 19.2 Å². The van der Waals surface area contributed by atoms with Crippen LogP contribution in [0.4, 0.5) is 4.79 Å². The fraction of sp³-hybridized carbons (Fsp3) is 0.692. The summed E-state index contributed by atoms with van der Waals surface area (Å²) in [6, 6.07) is -1.72. The number of carboxylic acids is 1. The summed E-state index contributed by atoms with van der Waals surface area (Å²) in [6.07, 6.45) is 0.293. The number of aliphatic carboxylic acids is 1. The highest BCUT2D eigenvalue weighted by Gasteiger charge is 2.34. The molecule has 1 rings (SSSR count). The highest BCUT2D eigenvalue weighted by molar-refractivity contribution is 6.01. The third kappa shape index (κ3) is 4.17. The molecule has 0 aromatic rings. The number of nitrogens with one attached hydrogen (secondary N) is 1. The second-order valence-electron chi connectivity index (χ2n) is 5.06. The molecule has 1 aliphatic rings. The van der Waals surface area contributed by atoms with Crippen molar-refractivity contribution in [2.75, 3.05) is 13.6 Å². The molecule has 1 fully saturated rings. The van der Waals surface area contributed by atoms with Crippen molar-refractivity contribution < 1.29 is 24.3 Å². The first-order valence-electron chi connectivity index (χ1n) is 6.87. The van der Waals surface area contributed by atoms with Gasteiger partial charge in [-0.1, -0.05) is 0 Å². The van der Waals surface area contributed by atoms with Crippen molar-refractivity contribution >= 4 is 23.8 Å². The van der Waals surface area contributed by atoms with Crippen molar-refractivity contribution in [2.45, 2.75) is 45.2 Å². The number of amides is 4. The lowest BCUT2D eigenvalue weighted by Crippen LogP contribution is -2.56. The summed E-state index contributed by atoms with van der Waals surface area (Å²) in [6.45, 7) is 3.70. The number of likely N-dealkylation sites (N-methyl/N-ethyl adjacent to an activating group) is 1. The van der Waals surface area contributed by atoms with E-state index in [2.05, 4.69) is 5.32 Å². The maximum Gasteiger partial charge on any atom is 0.318 e. The Bertz CT molecular complexity index is 451. The van der Waals surface area contributed by atoms with Crippen molar-refractivity contribution in [3.05, 3.63) is 0 Å². The molecule has 0 aliphatic carbocycles. The molecule has 0 bridgehead atoms. The Morgan fingerprint density at radius 2 is 2.10 bits per heavy atom. The molecule has 0 aromatic heterocycles. The van der Waals surface area contributed by atoms with Gasteiger partial charge in [0.15, 0.2) is 0 Å². The van der Waals surface area contributed by atoms with Gasteiger partial charge in [0.2, 0.25) is 5.91 Å². The number of carbonyl (C=O) groups excluding carboxylic acids is 3. The largest absolute Gasteiger partial charge is 0.481 e. The van der Waals surface area contributed by atoms with Crippen LogP contribution in [0.15, 0.2) is 0 Å². The number of urea groups is 1. The third-order valence-electron chi connectivity index (χ3n) is 3.55. The predicted molar refractivity (Wildman–Crippen MR) is 73.4 cm³/mol. The van der Waals surface area contributed by atoms with E-state index in [4.69, 9.17) is 5.11 Å². The first kappa shape index (κ1) is 16.9. The monoisotopic (exact) mass is 299 g/mol. The van der Waals surface area contributed by atoms with Crippen molar-refractivity contribution in [3.8, 4) is 0 Å². The van der Waals surface area contributed by atoms with Gasteiger partial charge >= 0.3 is 12.0 Å². The molecule has 21 heavy (non-hydrogen) atoms. The highest BCUT2D eigenvalue weighted by atomic mass is 16.4. The van der Waals surface area contributed by atoms with Gasteiger partial charge in [0, 0.05) is 26.1 Å². The van der Waals surface area contributed by atoms with E-state index in [0.717, 1.165) is 4.90 Å². The normalized spacial score (nSPS) is 20.1. The fourth-order valence-corrected chi connectivity index (χ4v) is 2.30. The lowest BCUT2D eigenvalue weighted by molar-refractivity contribution is -0.148. The lowest BCUT2D eigenvalue weighted by atomic mass is 10.0. The number of imide groups is 1. The molecule has 1 aliphatic heterocycles. The van der Waals surface area contributed by atoms with Crippen LogP contribution < -0.4 is 5.32 Å². The van der Waals surface area contributed by atoms with Gasteiger partial charge in [-0.2, -0.15) is 0 Å². The van der Waals surface area contributed by atoms with E-state index in [1.54, 1.807) is 13.8 Å². The molecule has 1 saturated heterocycles. The van der Waals surface area contributed by atoms with Crippen LogP contribution in [0.25, 0.3) is 0 Å². The van der Waals surface area contributed by atoms with Gasteiger partial charge in [0.25, 0.3) is 5.91 Å². The van der Waals surface area contributed by atoms with Gasteiger partial charge in [-0.15, -0.1) is 0 Å². The molecule has 0 radical (unpaired) electrons. The molecule has 2 unspecified atom stereocenters. The zero-order valence-electron chi connectivity index (χ0n) is 12.5. The summed E-state index contributed by atoms with van der Waals surface area (Å²) in [5, 5.41) is 11.4. The number of hydrogen-bond donors (Lipinski definition) is 2. The number of carbonyl (C=O) groups is 4. The summed E-state index contributed by atoms with van der Waals surface area (Å²) in [4.78, 5) is 48.5. The zero-order chi connectivity index (χ0) is 16.2. The Hall–Kier alpha value is -2.12. The summed E-state index contributed by atoms with van der Waals surface area (Å²) < 4.78 is 0. The molecule has 2 N–H and O–H groups in total. The average molecular weight is 299 g/mol. The molecular weight excluding hydrogens is 278 g/mol.